The topological polar surface area (TPSA) is 114 Å². The van der Waals surface area contributed by atoms with Crippen molar-refractivity contribution in [3.63, 3.8) is 0 Å². The Kier molecular flexibility index (Phi) is 9.09. The molecule has 2 aliphatic heterocycles. The van der Waals surface area contributed by atoms with E-state index in [1.807, 2.05) is 26.1 Å². The van der Waals surface area contributed by atoms with Crippen LogP contribution in [-0.4, -0.2) is 41.3 Å². The van der Waals surface area contributed by atoms with E-state index in [-0.39, 0.29) is 0 Å². The monoisotopic (exact) mass is 617 g/mol. The lowest BCUT2D eigenvalue weighted by atomic mass is 10.1. The molecule has 4 aromatic heterocycles. The molecule has 0 saturated heterocycles. The number of fused-ring (bicyclic) bond motifs is 2. The molecular weight excluding hydrogens is 601 g/mol. The highest BCUT2D eigenvalue weighted by Crippen LogP contribution is 2.22. The lowest BCUT2D eigenvalue weighted by molar-refractivity contribution is 1.02. The lowest BCUT2D eigenvalue weighted by Gasteiger charge is -2.07. The molecule has 6 rings (SSSR count). The molecule has 4 aromatic rings. The number of nitrogens with zero attached hydrogens (tertiary/aromatic N) is 8. The fourth-order valence-electron chi connectivity index (χ4n) is 3.34. The van der Waals surface area contributed by atoms with Gasteiger partial charge in [-0.25, -0.2) is 9.97 Å². The van der Waals surface area contributed by atoms with Crippen LogP contribution in [0.2, 0.25) is 15.5 Å². The van der Waals surface area contributed by atoms with Crippen molar-refractivity contribution >= 4 is 73.7 Å². The van der Waals surface area contributed by atoms with Crippen LogP contribution in [0, 0.1) is 0 Å². The summed E-state index contributed by atoms with van der Waals surface area (Å²) in [5.74, 6) is 0.594. The van der Waals surface area contributed by atoms with Gasteiger partial charge in [0.05, 0.1) is 61.1 Å². The van der Waals surface area contributed by atoms with Crippen molar-refractivity contribution in [2.45, 2.75) is 26.9 Å². The molecule has 0 amide bonds. The summed E-state index contributed by atoms with van der Waals surface area (Å²) in [6.07, 6.45) is 9.52. The number of hydrogen-bond donors (Lipinski definition) is 1. The van der Waals surface area contributed by atoms with Crippen molar-refractivity contribution in [1.82, 2.24) is 29.9 Å². The van der Waals surface area contributed by atoms with Crippen LogP contribution in [0.4, 0.5) is 11.5 Å². The largest absolute Gasteiger partial charge is 0.338 e. The standard InChI is InChI=1S/C12H10ClN5.C8H7BrN2.C4H2Cl2N2/c1-7-9-2-8(3-16-10(9)4-15-7)17-12-6-14-5-11(13)18-12;1-5-7-2-6(9)3-11-8(7)4-10-5;5-3-1-7-2-4(6)8-3/h2-3,5-6H,4H2,1H3,(H,17,18);2-3H,4H2,1H3;1-2H. The van der Waals surface area contributed by atoms with Gasteiger partial charge in [-0.2, -0.15) is 0 Å². The zero-order valence-corrected chi connectivity index (χ0v) is 23.5. The third-order valence-corrected chi connectivity index (χ3v) is 6.05. The fraction of sp³-hybridized carbons (Fsp3) is 0.167. The molecule has 0 fully saturated rings. The average Bonchev–Trinajstić information content (AvgIpc) is 3.42. The second kappa shape index (κ2) is 12.5. The summed E-state index contributed by atoms with van der Waals surface area (Å²) in [6.45, 7) is 5.41. The van der Waals surface area contributed by atoms with Gasteiger partial charge in [-0.15, -0.1) is 0 Å². The maximum absolute atomic E-state index is 5.78. The lowest BCUT2D eigenvalue weighted by Crippen LogP contribution is -2.00. The Bertz CT molecular complexity index is 1480. The maximum atomic E-state index is 5.78. The van der Waals surface area contributed by atoms with Gasteiger partial charge >= 0.3 is 0 Å². The van der Waals surface area contributed by atoms with Crippen LogP contribution in [0.1, 0.15) is 36.4 Å². The van der Waals surface area contributed by atoms with Crippen molar-refractivity contribution in [1.29, 1.82) is 0 Å². The molecular formula is C24H19BrCl3N9. The molecule has 0 saturated carbocycles. The van der Waals surface area contributed by atoms with E-state index in [9.17, 15) is 0 Å². The molecule has 0 atom stereocenters. The molecule has 0 unspecified atom stereocenters. The number of aromatic nitrogens is 6. The SMILES string of the molecule is CC1=NCc2ncc(Br)cc21.CC1=NCc2ncc(Nc3cncc(Cl)n3)cc21.Clc1cncc(Cl)n1. The fourth-order valence-corrected chi connectivity index (χ4v) is 4.15. The minimum Gasteiger partial charge on any atom is -0.338 e. The van der Waals surface area contributed by atoms with Crippen LogP contribution >= 0.6 is 50.7 Å². The van der Waals surface area contributed by atoms with E-state index in [4.69, 9.17) is 34.8 Å². The van der Waals surface area contributed by atoms with Gasteiger partial charge in [-0.05, 0) is 41.9 Å². The molecule has 0 aromatic carbocycles. The average molecular weight is 620 g/mol. The first-order valence-electron chi connectivity index (χ1n) is 10.8. The van der Waals surface area contributed by atoms with Gasteiger partial charge < -0.3 is 5.32 Å². The Balaban J connectivity index is 0.000000143. The Morgan fingerprint density at radius 2 is 1.24 bits per heavy atom. The van der Waals surface area contributed by atoms with Crippen molar-refractivity contribution in [3.05, 3.63) is 91.8 Å². The van der Waals surface area contributed by atoms with Crippen LogP contribution in [0.25, 0.3) is 0 Å². The van der Waals surface area contributed by atoms with E-state index < -0.39 is 0 Å². The van der Waals surface area contributed by atoms with Crippen LogP contribution < -0.4 is 5.32 Å². The first-order valence-corrected chi connectivity index (χ1v) is 12.7. The predicted molar refractivity (Wildman–Crippen MR) is 150 cm³/mol. The number of nitrogens with one attached hydrogen (secondary N) is 1. The second-order valence-electron chi connectivity index (χ2n) is 7.69. The number of hydrogen-bond acceptors (Lipinski definition) is 9. The van der Waals surface area contributed by atoms with Crippen molar-refractivity contribution in [2.24, 2.45) is 9.98 Å². The van der Waals surface area contributed by atoms with E-state index >= 15 is 0 Å². The summed E-state index contributed by atoms with van der Waals surface area (Å²) in [5.41, 5.74) is 7.31. The Morgan fingerprint density at radius 3 is 1.81 bits per heavy atom. The normalized spacial score (nSPS) is 12.7. The number of anilines is 2. The number of halogens is 4. The number of aliphatic imine (C=N–C) groups is 2. The van der Waals surface area contributed by atoms with Gasteiger partial charge in [-0.1, -0.05) is 34.8 Å². The Labute approximate surface area is 236 Å². The van der Waals surface area contributed by atoms with Crippen molar-refractivity contribution < 1.29 is 0 Å². The summed E-state index contributed by atoms with van der Waals surface area (Å²) < 4.78 is 1.02. The van der Waals surface area contributed by atoms with Gasteiger partial charge in [0.2, 0.25) is 0 Å². The molecule has 6 heterocycles. The zero-order chi connectivity index (χ0) is 26.4. The summed E-state index contributed by atoms with van der Waals surface area (Å²) in [5, 5.41) is 4.11. The molecule has 0 aliphatic carbocycles. The second-order valence-corrected chi connectivity index (χ2v) is 9.76. The summed E-state index contributed by atoms with van der Waals surface area (Å²) in [7, 11) is 0. The van der Waals surface area contributed by atoms with Gasteiger partial charge in [-0.3, -0.25) is 29.9 Å². The van der Waals surface area contributed by atoms with Crippen LogP contribution in [0.15, 0.2) is 63.8 Å². The summed E-state index contributed by atoms with van der Waals surface area (Å²) in [4.78, 5) is 32.6. The van der Waals surface area contributed by atoms with Gasteiger partial charge in [0, 0.05) is 33.2 Å². The quantitative estimate of drug-likeness (QED) is 0.271. The molecule has 13 heteroatoms. The Morgan fingerprint density at radius 1 is 0.703 bits per heavy atom. The molecule has 37 heavy (non-hydrogen) atoms. The number of rotatable bonds is 2. The van der Waals surface area contributed by atoms with Crippen LogP contribution in [-0.2, 0) is 13.1 Å². The third kappa shape index (κ3) is 7.48. The molecule has 9 nitrogen and oxygen atoms in total. The van der Waals surface area contributed by atoms with Gasteiger partial charge in [0.1, 0.15) is 15.5 Å². The third-order valence-electron chi connectivity index (χ3n) is 5.07. The number of pyridine rings is 2. The van der Waals surface area contributed by atoms with E-state index in [0.29, 0.717) is 27.8 Å². The molecule has 1 N–H and O–H groups in total. The molecule has 0 bridgehead atoms. The molecule has 2 aliphatic rings. The highest BCUT2D eigenvalue weighted by atomic mass is 79.9. The smallest absolute Gasteiger partial charge is 0.150 e. The van der Waals surface area contributed by atoms with E-state index in [2.05, 4.69) is 67.2 Å². The zero-order valence-electron chi connectivity index (χ0n) is 19.6. The van der Waals surface area contributed by atoms with E-state index in [1.165, 1.54) is 24.2 Å². The minimum atomic E-state index is 0.317. The highest BCUT2D eigenvalue weighted by Gasteiger charge is 2.14. The first kappa shape index (κ1) is 27.0. The molecule has 0 radical (unpaired) electrons. The van der Waals surface area contributed by atoms with Crippen molar-refractivity contribution in [2.75, 3.05) is 5.32 Å². The van der Waals surface area contributed by atoms with Crippen LogP contribution in [0.3, 0.4) is 0 Å². The maximum Gasteiger partial charge on any atom is 0.150 e. The van der Waals surface area contributed by atoms with E-state index in [1.54, 1.807) is 12.4 Å². The molecule has 0 spiro atoms. The van der Waals surface area contributed by atoms with Crippen molar-refractivity contribution in [3.8, 4) is 0 Å². The van der Waals surface area contributed by atoms with Gasteiger partial charge in [0.25, 0.3) is 0 Å². The Hall–Kier alpha value is -3.05. The molecule has 188 valence electrons. The minimum absolute atomic E-state index is 0.317. The van der Waals surface area contributed by atoms with Crippen LogP contribution in [0.5, 0.6) is 0 Å². The van der Waals surface area contributed by atoms with E-state index in [0.717, 1.165) is 45.1 Å². The predicted octanol–water partition coefficient (Wildman–Crippen LogP) is 6.54. The summed E-state index contributed by atoms with van der Waals surface area (Å²) in [6, 6.07) is 4.07. The highest BCUT2D eigenvalue weighted by molar-refractivity contribution is 9.10. The van der Waals surface area contributed by atoms with Gasteiger partial charge in [0.15, 0.2) is 5.82 Å². The first-order chi connectivity index (χ1) is 17.8. The summed E-state index contributed by atoms with van der Waals surface area (Å²) >= 11 is 19.9.